The van der Waals surface area contributed by atoms with Crippen molar-refractivity contribution in [1.82, 2.24) is 15.0 Å². The molecule has 130 valence electrons. The molecule has 0 unspecified atom stereocenters. The molecule has 3 aromatic rings. The molecule has 0 fully saturated rings. The number of carbonyl (C=O) groups excluding carboxylic acids is 1. The number of nitrogens with one attached hydrogen (secondary N) is 1. The van der Waals surface area contributed by atoms with Gasteiger partial charge in [-0.1, -0.05) is 24.3 Å². The van der Waals surface area contributed by atoms with Crippen LogP contribution in [-0.2, 0) is 17.8 Å². The van der Waals surface area contributed by atoms with Crippen LogP contribution in [0.25, 0.3) is 11.0 Å². The standard InChI is InChI=1S/C18H19FN4O2/c19-13-7-5-12(6-8-13)11-23-16-4-2-1-3-15(16)21-17(23)10-9-14(20)18(24)22-25/h1-8,14,25H,9-11,20H2,(H,22,24)/t14-/m0/s1. The summed E-state index contributed by atoms with van der Waals surface area (Å²) in [5.74, 6) is -0.117. The molecule has 1 atom stereocenters. The number of imidazole rings is 1. The van der Waals surface area contributed by atoms with Gasteiger partial charge >= 0.3 is 0 Å². The zero-order valence-electron chi connectivity index (χ0n) is 13.5. The van der Waals surface area contributed by atoms with E-state index in [1.165, 1.54) is 12.1 Å². The number of fused-ring (bicyclic) bond motifs is 1. The summed E-state index contributed by atoms with van der Waals surface area (Å²) in [4.78, 5) is 16.0. The van der Waals surface area contributed by atoms with Gasteiger partial charge in [-0.25, -0.2) is 14.9 Å². The molecule has 7 heteroatoms. The van der Waals surface area contributed by atoms with Gasteiger partial charge in [0, 0.05) is 13.0 Å². The van der Waals surface area contributed by atoms with Crippen molar-refractivity contribution in [3.05, 3.63) is 65.7 Å². The first-order valence-corrected chi connectivity index (χ1v) is 7.96. The van der Waals surface area contributed by atoms with E-state index >= 15 is 0 Å². The summed E-state index contributed by atoms with van der Waals surface area (Å²) < 4.78 is 15.2. The number of hydroxylamine groups is 1. The van der Waals surface area contributed by atoms with Gasteiger partial charge < -0.3 is 10.3 Å². The highest BCUT2D eigenvalue weighted by molar-refractivity contribution is 5.80. The van der Waals surface area contributed by atoms with Crippen LogP contribution < -0.4 is 11.2 Å². The minimum atomic E-state index is -0.816. The number of benzene rings is 2. The smallest absolute Gasteiger partial charge is 0.260 e. The molecular formula is C18H19FN4O2. The zero-order chi connectivity index (χ0) is 17.8. The largest absolute Gasteiger partial charge is 0.323 e. The van der Waals surface area contributed by atoms with E-state index in [0.29, 0.717) is 19.4 Å². The van der Waals surface area contributed by atoms with Crippen LogP contribution in [0.5, 0.6) is 0 Å². The first-order chi connectivity index (χ1) is 12.1. The molecule has 0 saturated heterocycles. The number of carbonyl (C=O) groups is 1. The lowest BCUT2D eigenvalue weighted by atomic mass is 10.1. The zero-order valence-corrected chi connectivity index (χ0v) is 13.5. The van der Waals surface area contributed by atoms with Gasteiger partial charge in [-0.05, 0) is 36.2 Å². The second kappa shape index (κ2) is 7.42. The summed E-state index contributed by atoms with van der Waals surface area (Å²) in [7, 11) is 0. The fourth-order valence-electron chi connectivity index (χ4n) is 2.76. The number of aryl methyl sites for hydroxylation is 1. The summed E-state index contributed by atoms with van der Waals surface area (Å²) in [5, 5.41) is 8.66. The normalized spacial score (nSPS) is 12.3. The van der Waals surface area contributed by atoms with Crippen molar-refractivity contribution in [2.75, 3.05) is 0 Å². The number of nitrogens with zero attached hydrogens (tertiary/aromatic N) is 2. The van der Waals surface area contributed by atoms with Crippen molar-refractivity contribution in [1.29, 1.82) is 0 Å². The minimum Gasteiger partial charge on any atom is -0.323 e. The van der Waals surface area contributed by atoms with Crippen LogP contribution >= 0.6 is 0 Å². The van der Waals surface area contributed by atoms with E-state index < -0.39 is 11.9 Å². The summed E-state index contributed by atoms with van der Waals surface area (Å²) in [6.07, 6.45) is 0.823. The van der Waals surface area contributed by atoms with Gasteiger partial charge in [0.2, 0.25) is 0 Å². The average molecular weight is 342 g/mol. The maximum Gasteiger partial charge on any atom is 0.260 e. The first-order valence-electron chi connectivity index (χ1n) is 7.96. The summed E-state index contributed by atoms with van der Waals surface area (Å²) in [6, 6.07) is 13.2. The number of amides is 1. The van der Waals surface area contributed by atoms with Crippen molar-refractivity contribution in [2.45, 2.75) is 25.4 Å². The Bertz CT molecular complexity index is 876. The van der Waals surface area contributed by atoms with Crippen LogP contribution in [-0.4, -0.2) is 26.7 Å². The average Bonchev–Trinajstić information content (AvgIpc) is 2.98. The lowest BCUT2D eigenvalue weighted by Gasteiger charge is -2.12. The molecule has 1 aromatic heterocycles. The van der Waals surface area contributed by atoms with Crippen LogP contribution in [0.1, 0.15) is 17.8 Å². The van der Waals surface area contributed by atoms with Gasteiger partial charge in [0.05, 0.1) is 17.1 Å². The fraction of sp³-hybridized carbons (Fsp3) is 0.222. The molecule has 0 aliphatic carbocycles. The molecule has 0 radical (unpaired) electrons. The number of aromatic nitrogens is 2. The Balaban J connectivity index is 1.89. The lowest BCUT2D eigenvalue weighted by Crippen LogP contribution is -2.39. The van der Waals surface area contributed by atoms with Crippen LogP contribution in [0.15, 0.2) is 48.5 Å². The van der Waals surface area contributed by atoms with Crippen LogP contribution in [0, 0.1) is 5.82 Å². The minimum absolute atomic E-state index is 0.277. The van der Waals surface area contributed by atoms with Crippen LogP contribution in [0.2, 0.25) is 0 Å². The molecule has 25 heavy (non-hydrogen) atoms. The number of hydrogen-bond donors (Lipinski definition) is 3. The van der Waals surface area contributed by atoms with Gasteiger partial charge in [0.25, 0.3) is 5.91 Å². The third-order valence-electron chi connectivity index (χ3n) is 4.11. The molecule has 2 aromatic carbocycles. The predicted molar refractivity (Wildman–Crippen MR) is 91.5 cm³/mol. The molecular weight excluding hydrogens is 323 g/mol. The Hall–Kier alpha value is -2.77. The maximum atomic E-state index is 13.1. The number of halogens is 1. The molecule has 1 heterocycles. The highest BCUT2D eigenvalue weighted by Crippen LogP contribution is 2.19. The van der Waals surface area contributed by atoms with Gasteiger partial charge in [0.1, 0.15) is 11.6 Å². The lowest BCUT2D eigenvalue weighted by molar-refractivity contribution is -0.130. The van der Waals surface area contributed by atoms with E-state index in [1.807, 2.05) is 28.8 Å². The summed E-state index contributed by atoms with van der Waals surface area (Å²) in [6.45, 7) is 0.539. The Morgan fingerprint density at radius 2 is 1.96 bits per heavy atom. The van der Waals surface area contributed by atoms with Crippen molar-refractivity contribution >= 4 is 16.9 Å². The molecule has 6 nitrogen and oxygen atoms in total. The molecule has 0 saturated carbocycles. The highest BCUT2D eigenvalue weighted by Gasteiger charge is 2.16. The van der Waals surface area contributed by atoms with Crippen molar-refractivity contribution in [3.63, 3.8) is 0 Å². The van der Waals surface area contributed by atoms with E-state index in [0.717, 1.165) is 22.4 Å². The second-order valence-electron chi connectivity index (χ2n) is 5.85. The van der Waals surface area contributed by atoms with Gasteiger partial charge in [-0.15, -0.1) is 0 Å². The van der Waals surface area contributed by atoms with E-state index in [4.69, 9.17) is 10.9 Å². The first kappa shape index (κ1) is 17.1. The van der Waals surface area contributed by atoms with E-state index in [-0.39, 0.29) is 5.82 Å². The molecule has 0 bridgehead atoms. The SMILES string of the molecule is N[C@@H](CCc1nc2ccccc2n1Cc1ccc(F)cc1)C(=O)NO. The molecule has 0 aliphatic heterocycles. The molecule has 0 spiro atoms. The third-order valence-corrected chi connectivity index (χ3v) is 4.11. The maximum absolute atomic E-state index is 13.1. The monoisotopic (exact) mass is 342 g/mol. The van der Waals surface area contributed by atoms with Crippen molar-refractivity contribution < 1.29 is 14.4 Å². The van der Waals surface area contributed by atoms with Gasteiger partial charge in [0.15, 0.2) is 0 Å². The second-order valence-corrected chi connectivity index (χ2v) is 5.85. The molecule has 1 amide bonds. The van der Waals surface area contributed by atoms with Crippen LogP contribution in [0.3, 0.4) is 0 Å². The third kappa shape index (κ3) is 3.84. The predicted octanol–water partition coefficient (Wildman–Crippen LogP) is 1.99. The summed E-state index contributed by atoms with van der Waals surface area (Å²) >= 11 is 0. The van der Waals surface area contributed by atoms with Crippen LogP contribution in [0.4, 0.5) is 4.39 Å². The van der Waals surface area contributed by atoms with Gasteiger partial charge in [-0.3, -0.25) is 10.0 Å². The van der Waals surface area contributed by atoms with Gasteiger partial charge in [-0.2, -0.15) is 0 Å². The molecule has 4 N–H and O–H groups in total. The number of hydrogen-bond acceptors (Lipinski definition) is 4. The number of para-hydroxylation sites is 2. The Labute approximate surface area is 144 Å². The van der Waals surface area contributed by atoms with Crippen molar-refractivity contribution in [3.8, 4) is 0 Å². The number of rotatable bonds is 6. The Kier molecular flexibility index (Phi) is 5.06. The van der Waals surface area contributed by atoms with E-state index in [2.05, 4.69) is 4.98 Å². The van der Waals surface area contributed by atoms with E-state index in [1.54, 1.807) is 17.6 Å². The quantitative estimate of drug-likeness (QED) is 0.472. The topological polar surface area (TPSA) is 93.2 Å². The molecule has 0 aliphatic rings. The Morgan fingerprint density at radius 1 is 1.24 bits per heavy atom. The van der Waals surface area contributed by atoms with E-state index in [9.17, 15) is 9.18 Å². The highest BCUT2D eigenvalue weighted by atomic mass is 19.1. The fourth-order valence-corrected chi connectivity index (χ4v) is 2.76. The molecule has 3 rings (SSSR count). The Morgan fingerprint density at radius 3 is 2.68 bits per heavy atom. The summed E-state index contributed by atoms with van der Waals surface area (Å²) in [5.41, 5.74) is 10.1. The number of nitrogens with two attached hydrogens (primary N) is 1. The van der Waals surface area contributed by atoms with Crippen molar-refractivity contribution in [2.24, 2.45) is 5.73 Å².